The third kappa shape index (κ3) is 2.38. The van der Waals surface area contributed by atoms with Crippen molar-refractivity contribution in [1.82, 2.24) is 20.2 Å². The van der Waals surface area contributed by atoms with E-state index in [9.17, 15) is 0 Å². The van der Waals surface area contributed by atoms with Gasteiger partial charge in [0.25, 0.3) is 0 Å². The van der Waals surface area contributed by atoms with E-state index >= 15 is 0 Å². The minimum absolute atomic E-state index is 0.365. The Morgan fingerprint density at radius 3 is 2.95 bits per heavy atom. The maximum Gasteiger partial charge on any atom is 0.176 e. The second-order valence-electron chi connectivity index (χ2n) is 5.39. The van der Waals surface area contributed by atoms with Crippen LogP contribution in [0, 0.1) is 0 Å². The van der Waals surface area contributed by atoms with E-state index in [1.54, 1.807) is 7.05 Å². The molecular formula is C14H19N5. The van der Waals surface area contributed by atoms with Crippen molar-refractivity contribution in [3.05, 3.63) is 41.2 Å². The van der Waals surface area contributed by atoms with Crippen LogP contribution in [0.2, 0.25) is 0 Å². The molecule has 0 spiro atoms. The largest absolute Gasteiger partial charge is 0.321 e. The van der Waals surface area contributed by atoms with E-state index < -0.39 is 0 Å². The summed E-state index contributed by atoms with van der Waals surface area (Å²) in [5.41, 5.74) is 8.95. The van der Waals surface area contributed by atoms with Crippen molar-refractivity contribution in [2.75, 3.05) is 0 Å². The number of aryl methyl sites for hydroxylation is 2. The molecule has 1 unspecified atom stereocenters. The molecule has 0 saturated heterocycles. The van der Waals surface area contributed by atoms with Crippen LogP contribution < -0.4 is 5.73 Å². The lowest BCUT2D eigenvalue weighted by Crippen LogP contribution is -2.39. The van der Waals surface area contributed by atoms with Crippen molar-refractivity contribution in [3.63, 3.8) is 0 Å². The Morgan fingerprint density at radius 2 is 2.16 bits per heavy atom. The minimum atomic E-state index is -0.365. The zero-order valence-corrected chi connectivity index (χ0v) is 11.2. The maximum atomic E-state index is 6.69. The Hall–Kier alpha value is -1.75. The number of nitrogens with two attached hydrogens (primary N) is 1. The summed E-state index contributed by atoms with van der Waals surface area (Å²) in [6.45, 7) is 0. The van der Waals surface area contributed by atoms with Gasteiger partial charge in [-0.25, -0.2) is 0 Å². The van der Waals surface area contributed by atoms with Crippen molar-refractivity contribution in [2.45, 2.75) is 37.6 Å². The van der Waals surface area contributed by atoms with Gasteiger partial charge < -0.3 is 5.73 Å². The fourth-order valence-corrected chi connectivity index (χ4v) is 2.97. The molecule has 0 amide bonds. The third-order valence-corrected chi connectivity index (χ3v) is 3.90. The van der Waals surface area contributed by atoms with Crippen LogP contribution in [0.3, 0.4) is 0 Å². The Morgan fingerprint density at radius 1 is 1.32 bits per heavy atom. The molecule has 3 rings (SSSR count). The van der Waals surface area contributed by atoms with Crippen LogP contribution in [-0.2, 0) is 25.4 Å². The Balaban J connectivity index is 1.97. The topological polar surface area (TPSA) is 69.6 Å². The molecule has 100 valence electrons. The van der Waals surface area contributed by atoms with E-state index in [-0.39, 0.29) is 5.54 Å². The first kappa shape index (κ1) is 12.3. The second kappa shape index (κ2) is 4.74. The Bertz CT molecular complexity index is 577. The van der Waals surface area contributed by atoms with E-state index in [2.05, 4.69) is 39.7 Å². The first-order chi connectivity index (χ1) is 9.17. The molecule has 0 bridgehead atoms. The standard InChI is InChI=1S/C14H19N5/c1-19-17-13(16-18-19)10-14(15)9-5-4-7-11-6-2-3-8-12(11)14/h2-3,6,8H,4-5,7,9-10,15H2,1H3. The average Bonchev–Trinajstić information content (AvgIpc) is 2.72. The molecule has 1 aromatic heterocycles. The molecule has 19 heavy (non-hydrogen) atoms. The summed E-state index contributed by atoms with van der Waals surface area (Å²) >= 11 is 0. The molecule has 2 N–H and O–H groups in total. The maximum absolute atomic E-state index is 6.69. The number of nitrogens with zero attached hydrogens (tertiary/aromatic N) is 4. The molecule has 5 nitrogen and oxygen atoms in total. The molecule has 1 aliphatic carbocycles. The zero-order chi connectivity index (χ0) is 13.3. The molecule has 1 atom stereocenters. The summed E-state index contributed by atoms with van der Waals surface area (Å²) < 4.78 is 0. The van der Waals surface area contributed by atoms with Crippen molar-refractivity contribution in [1.29, 1.82) is 0 Å². The summed E-state index contributed by atoms with van der Waals surface area (Å²) in [5, 5.41) is 12.2. The highest BCUT2D eigenvalue weighted by atomic mass is 15.6. The summed E-state index contributed by atoms with van der Waals surface area (Å²) in [6.07, 6.45) is 5.08. The number of hydrogen-bond donors (Lipinski definition) is 1. The van der Waals surface area contributed by atoms with Gasteiger partial charge in [0.2, 0.25) is 0 Å². The van der Waals surface area contributed by atoms with Crippen LogP contribution in [0.15, 0.2) is 24.3 Å². The predicted molar refractivity (Wildman–Crippen MR) is 72.4 cm³/mol. The van der Waals surface area contributed by atoms with Crippen molar-refractivity contribution in [3.8, 4) is 0 Å². The fraction of sp³-hybridized carbons (Fsp3) is 0.500. The number of aromatic nitrogens is 4. The quantitative estimate of drug-likeness (QED) is 0.824. The summed E-state index contributed by atoms with van der Waals surface area (Å²) in [5.74, 6) is 0.724. The predicted octanol–water partition coefficient (Wildman–Crippen LogP) is 1.33. The van der Waals surface area contributed by atoms with Gasteiger partial charge in [-0.15, -0.1) is 10.2 Å². The van der Waals surface area contributed by atoms with Gasteiger partial charge in [-0.05, 0) is 35.6 Å². The second-order valence-corrected chi connectivity index (χ2v) is 5.39. The van der Waals surface area contributed by atoms with Crippen LogP contribution >= 0.6 is 0 Å². The van der Waals surface area contributed by atoms with E-state index in [4.69, 9.17) is 5.73 Å². The molecule has 1 heterocycles. The average molecular weight is 257 g/mol. The minimum Gasteiger partial charge on any atom is -0.321 e. The first-order valence-electron chi connectivity index (χ1n) is 6.77. The van der Waals surface area contributed by atoms with E-state index in [1.165, 1.54) is 22.3 Å². The Kier molecular flexibility index (Phi) is 3.06. The Labute approximate surface area is 112 Å². The van der Waals surface area contributed by atoms with Gasteiger partial charge in [-0.1, -0.05) is 30.7 Å². The first-order valence-corrected chi connectivity index (χ1v) is 6.77. The number of hydrogen-bond acceptors (Lipinski definition) is 4. The fourth-order valence-electron chi connectivity index (χ4n) is 2.97. The lowest BCUT2D eigenvalue weighted by molar-refractivity contribution is 0.390. The monoisotopic (exact) mass is 257 g/mol. The molecule has 2 aromatic rings. The van der Waals surface area contributed by atoms with Gasteiger partial charge in [0.05, 0.1) is 7.05 Å². The highest BCUT2D eigenvalue weighted by Crippen LogP contribution is 2.34. The van der Waals surface area contributed by atoms with Crippen LogP contribution in [0.5, 0.6) is 0 Å². The van der Waals surface area contributed by atoms with Gasteiger partial charge >= 0.3 is 0 Å². The lowest BCUT2D eigenvalue weighted by Gasteiger charge is -2.29. The molecule has 1 aromatic carbocycles. The van der Waals surface area contributed by atoms with Crippen molar-refractivity contribution >= 4 is 0 Å². The highest BCUT2D eigenvalue weighted by molar-refractivity contribution is 5.35. The summed E-state index contributed by atoms with van der Waals surface area (Å²) in [7, 11) is 1.78. The molecule has 0 fully saturated rings. The van der Waals surface area contributed by atoms with E-state index in [0.717, 1.165) is 25.1 Å². The molecular weight excluding hydrogens is 238 g/mol. The number of tetrazole rings is 1. The number of fused-ring (bicyclic) bond motifs is 1. The molecule has 0 saturated carbocycles. The van der Waals surface area contributed by atoms with Gasteiger partial charge in [0, 0.05) is 12.0 Å². The van der Waals surface area contributed by atoms with Crippen LogP contribution in [0.25, 0.3) is 0 Å². The number of benzene rings is 1. The SMILES string of the molecule is Cn1nnc(CC2(N)CCCCc3ccccc32)n1. The van der Waals surface area contributed by atoms with Gasteiger partial charge in [-0.2, -0.15) is 4.80 Å². The normalized spacial score (nSPS) is 22.8. The summed E-state index contributed by atoms with van der Waals surface area (Å²) in [4.78, 5) is 1.49. The molecule has 1 aliphatic rings. The van der Waals surface area contributed by atoms with Gasteiger partial charge in [0.15, 0.2) is 5.82 Å². The van der Waals surface area contributed by atoms with E-state index in [0.29, 0.717) is 6.42 Å². The smallest absolute Gasteiger partial charge is 0.176 e. The molecule has 0 radical (unpaired) electrons. The zero-order valence-electron chi connectivity index (χ0n) is 11.2. The van der Waals surface area contributed by atoms with Crippen LogP contribution in [0.4, 0.5) is 0 Å². The van der Waals surface area contributed by atoms with Crippen molar-refractivity contribution < 1.29 is 0 Å². The van der Waals surface area contributed by atoms with Gasteiger partial charge in [-0.3, -0.25) is 0 Å². The lowest BCUT2D eigenvalue weighted by atomic mass is 9.82. The highest BCUT2D eigenvalue weighted by Gasteiger charge is 2.32. The molecule has 5 heteroatoms. The third-order valence-electron chi connectivity index (χ3n) is 3.90. The van der Waals surface area contributed by atoms with Crippen LogP contribution in [-0.4, -0.2) is 20.2 Å². The molecule has 0 aliphatic heterocycles. The summed E-state index contributed by atoms with van der Waals surface area (Å²) in [6, 6.07) is 8.49. The van der Waals surface area contributed by atoms with Crippen molar-refractivity contribution in [2.24, 2.45) is 12.8 Å². The van der Waals surface area contributed by atoms with Crippen LogP contribution in [0.1, 0.15) is 36.2 Å². The number of rotatable bonds is 2. The van der Waals surface area contributed by atoms with E-state index in [1.807, 2.05) is 0 Å². The van der Waals surface area contributed by atoms with Gasteiger partial charge in [0.1, 0.15) is 0 Å².